The molecule has 2 aromatic rings. The summed E-state index contributed by atoms with van der Waals surface area (Å²) in [4.78, 5) is 30.0. The van der Waals surface area contributed by atoms with E-state index in [9.17, 15) is 9.59 Å². The Morgan fingerprint density at radius 2 is 1.61 bits per heavy atom. The zero-order valence-electron chi connectivity index (χ0n) is 18.2. The van der Waals surface area contributed by atoms with Crippen LogP contribution in [0.25, 0.3) is 0 Å². The molecule has 3 rings (SSSR count). The number of halogens is 1. The fraction of sp³-hybridized carbons (Fsp3) is 0.417. The van der Waals surface area contributed by atoms with Crippen molar-refractivity contribution < 1.29 is 9.59 Å². The minimum Gasteiger partial charge on any atom is -0.369 e. The highest BCUT2D eigenvalue weighted by atomic mass is 35.5. The lowest BCUT2D eigenvalue weighted by atomic mass is 10.0. The molecule has 6 nitrogen and oxygen atoms in total. The minimum atomic E-state index is -0.585. The maximum Gasteiger partial charge on any atom is 0.251 e. The van der Waals surface area contributed by atoms with Gasteiger partial charge in [-0.3, -0.25) is 14.5 Å². The Hall–Kier alpha value is -2.57. The third-order valence-corrected chi connectivity index (χ3v) is 5.82. The zero-order chi connectivity index (χ0) is 22.2. The number of carbonyl (C=O) groups excluding carboxylic acids is 2. The highest BCUT2D eigenvalue weighted by molar-refractivity contribution is 6.30. The van der Waals surface area contributed by atoms with Gasteiger partial charge >= 0.3 is 0 Å². The third-order valence-electron chi connectivity index (χ3n) is 5.56. The van der Waals surface area contributed by atoms with Gasteiger partial charge in [-0.25, -0.2) is 0 Å². The molecule has 2 aromatic carbocycles. The number of anilines is 1. The summed E-state index contributed by atoms with van der Waals surface area (Å²) in [5.41, 5.74) is 1.74. The summed E-state index contributed by atoms with van der Waals surface area (Å²) in [6.45, 7) is 9.09. The summed E-state index contributed by atoms with van der Waals surface area (Å²) >= 11 is 5.88. The van der Waals surface area contributed by atoms with E-state index in [0.29, 0.717) is 17.1 Å². The molecule has 0 radical (unpaired) electrons. The molecule has 0 aromatic heterocycles. The SMILES string of the molecule is CC(C)[C@@H](NC(=O)c1ccc(Cl)cc1)C(=O)NCCN1CCN(c2ccccc2)CC1. The molecule has 0 spiro atoms. The molecule has 1 saturated heterocycles. The van der Waals surface area contributed by atoms with Crippen LogP contribution < -0.4 is 15.5 Å². The molecule has 1 atom stereocenters. The highest BCUT2D eigenvalue weighted by Crippen LogP contribution is 2.15. The highest BCUT2D eigenvalue weighted by Gasteiger charge is 2.25. The lowest BCUT2D eigenvalue weighted by Crippen LogP contribution is -2.52. The first-order valence-electron chi connectivity index (χ1n) is 10.8. The molecular weight excluding hydrogens is 412 g/mol. The van der Waals surface area contributed by atoms with Gasteiger partial charge in [-0.2, -0.15) is 0 Å². The van der Waals surface area contributed by atoms with E-state index in [-0.39, 0.29) is 17.7 Å². The zero-order valence-corrected chi connectivity index (χ0v) is 18.9. The maximum atomic E-state index is 12.7. The first kappa shape index (κ1) is 23.1. The Morgan fingerprint density at radius 1 is 0.968 bits per heavy atom. The molecule has 1 heterocycles. The van der Waals surface area contributed by atoms with Crippen LogP contribution in [0.15, 0.2) is 54.6 Å². The van der Waals surface area contributed by atoms with Gasteiger partial charge < -0.3 is 15.5 Å². The number of hydrogen-bond donors (Lipinski definition) is 2. The van der Waals surface area contributed by atoms with Crippen LogP contribution >= 0.6 is 11.6 Å². The quantitative estimate of drug-likeness (QED) is 0.659. The van der Waals surface area contributed by atoms with Gasteiger partial charge in [-0.1, -0.05) is 43.6 Å². The molecule has 2 amide bonds. The van der Waals surface area contributed by atoms with Crippen molar-refractivity contribution in [2.24, 2.45) is 5.92 Å². The minimum absolute atomic E-state index is 0.0225. The smallest absolute Gasteiger partial charge is 0.251 e. The number of hydrogen-bond acceptors (Lipinski definition) is 4. The molecule has 1 aliphatic rings. The number of carbonyl (C=O) groups is 2. The fourth-order valence-corrected chi connectivity index (χ4v) is 3.80. The van der Waals surface area contributed by atoms with E-state index in [0.717, 1.165) is 32.7 Å². The molecule has 1 aliphatic heterocycles. The second-order valence-corrected chi connectivity index (χ2v) is 8.59. The number of rotatable bonds is 8. The van der Waals surface area contributed by atoms with Crippen molar-refractivity contribution in [2.75, 3.05) is 44.2 Å². The number of nitrogens with zero attached hydrogens (tertiary/aromatic N) is 2. The second-order valence-electron chi connectivity index (χ2n) is 8.16. The standard InChI is InChI=1S/C24H31ClN4O2/c1-18(2)22(27-23(30)19-8-10-20(25)11-9-19)24(31)26-12-13-28-14-16-29(17-15-28)21-6-4-3-5-7-21/h3-11,18,22H,12-17H2,1-2H3,(H,26,31)(H,27,30)/t22-/m1/s1. The molecule has 0 unspecified atom stereocenters. The number of para-hydroxylation sites is 1. The van der Waals surface area contributed by atoms with E-state index < -0.39 is 6.04 Å². The van der Waals surface area contributed by atoms with Crippen LogP contribution in [0.2, 0.25) is 5.02 Å². The fourth-order valence-electron chi connectivity index (χ4n) is 3.68. The van der Waals surface area contributed by atoms with Gasteiger partial charge in [0.1, 0.15) is 6.04 Å². The van der Waals surface area contributed by atoms with Crippen LogP contribution in [-0.4, -0.2) is 62.0 Å². The summed E-state index contributed by atoms with van der Waals surface area (Å²) in [7, 11) is 0. The average molecular weight is 443 g/mol. The van der Waals surface area contributed by atoms with Crippen molar-refractivity contribution in [3.63, 3.8) is 0 Å². The first-order chi connectivity index (χ1) is 14.9. The van der Waals surface area contributed by atoms with E-state index in [4.69, 9.17) is 11.6 Å². The first-order valence-corrected chi connectivity index (χ1v) is 11.2. The molecular formula is C24H31ClN4O2. The van der Waals surface area contributed by atoms with Crippen LogP contribution in [0, 0.1) is 5.92 Å². The molecule has 2 N–H and O–H groups in total. The van der Waals surface area contributed by atoms with Gasteiger partial charge in [0.15, 0.2) is 0 Å². The Labute approximate surface area is 189 Å². The van der Waals surface area contributed by atoms with Crippen LogP contribution in [0.5, 0.6) is 0 Å². The van der Waals surface area contributed by atoms with Gasteiger partial charge in [0.05, 0.1) is 0 Å². The van der Waals surface area contributed by atoms with E-state index in [2.05, 4.69) is 44.7 Å². The molecule has 0 saturated carbocycles. The van der Waals surface area contributed by atoms with Crippen molar-refractivity contribution in [2.45, 2.75) is 19.9 Å². The Balaban J connectivity index is 1.43. The third kappa shape index (κ3) is 6.71. The van der Waals surface area contributed by atoms with E-state index in [1.807, 2.05) is 19.9 Å². The van der Waals surface area contributed by atoms with Crippen LogP contribution in [0.1, 0.15) is 24.2 Å². The summed E-state index contributed by atoms with van der Waals surface area (Å²) in [5.74, 6) is -0.451. The van der Waals surface area contributed by atoms with Gasteiger partial charge in [-0.15, -0.1) is 0 Å². The van der Waals surface area contributed by atoms with E-state index >= 15 is 0 Å². The van der Waals surface area contributed by atoms with Gasteiger partial charge in [0, 0.05) is 55.5 Å². The Kier molecular flexibility index (Phi) is 8.32. The molecule has 31 heavy (non-hydrogen) atoms. The number of nitrogens with one attached hydrogen (secondary N) is 2. The van der Waals surface area contributed by atoms with Crippen LogP contribution in [-0.2, 0) is 4.79 Å². The summed E-state index contributed by atoms with van der Waals surface area (Å²) in [5, 5.41) is 6.41. The summed E-state index contributed by atoms with van der Waals surface area (Å²) < 4.78 is 0. The maximum absolute atomic E-state index is 12.7. The lowest BCUT2D eigenvalue weighted by molar-refractivity contribution is -0.124. The van der Waals surface area contributed by atoms with Crippen LogP contribution in [0.4, 0.5) is 5.69 Å². The van der Waals surface area contributed by atoms with Gasteiger partial charge in [-0.05, 0) is 42.3 Å². The normalized spacial score (nSPS) is 15.5. The lowest BCUT2D eigenvalue weighted by Gasteiger charge is -2.36. The van der Waals surface area contributed by atoms with E-state index in [1.54, 1.807) is 24.3 Å². The average Bonchev–Trinajstić information content (AvgIpc) is 2.78. The predicted octanol–water partition coefficient (Wildman–Crippen LogP) is 3.03. The Bertz CT molecular complexity index is 850. The van der Waals surface area contributed by atoms with Crippen molar-refractivity contribution in [3.8, 4) is 0 Å². The topological polar surface area (TPSA) is 64.7 Å². The molecule has 166 valence electrons. The molecule has 0 aliphatic carbocycles. The molecule has 7 heteroatoms. The predicted molar refractivity (Wildman–Crippen MR) is 126 cm³/mol. The van der Waals surface area contributed by atoms with Crippen LogP contribution in [0.3, 0.4) is 0 Å². The van der Waals surface area contributed by atoms with Crippen molar-refractivity contribution in [1.82, 2.24) is 15.5 Å². The second kappa shape index (κ2) is 11.2. The number of amides is 2. The summed E-state index contributed by atoms with van der Waals surface area (Å²) in [6.07, 6.45) is 0. The van der Waals surface area contributed by atoms with Crippen molar-refractivity contribution in [1.29, 1.82) is 0 Å². The number of piperazine rings is 1. The number of benzene rings is 2. The monoisotopic (exact) mass is 442 g/mol. The van der Waals surface area contributed by atoms with E-state index in [1.165, 1.54) is 5.69 Å². The summed E-state index contributed by atoms with van der Waals surface area (Å²) in [6, 6.07) is 16.5. The molecule has 1 fully saturated rings. The van der Waals surface area contributed by atoms with Crippen molar-refractivity contribution in [3.05, 3.63) is 65.2 Å². The largest absolute Gasteiger partial charge is 0.369 e. The molecule has 0 bridgehead atoms. The van der Waals surface area contributed by atoms with Gasteiger partial charge in [0.25, 0.3) is 5.91 Å². The Morgan fingerprint density at radius 3 is 2.23 bits per heavy atom. The van der Waals surface area contributed by atoms with Crippen molar-refractivity contribution >= 4 is 29.1 Å². The van der Waals surface area contributed by atoms with Gasteiger partial charge in [0.2, 0.25) is 5.91 Å².